The maximum absolute atomic E-state index is 6.85. The average molecular weight is 917 g/mol. The Kier molecular flexibility index (Phi) is 8.87. The van der Waals surface area contributed by atoms with Gasteiger partial charge in [-0.05, 0) is 144 Å². The largest absolute Gasteiger partial charge is 0.454 e. The second-order valence-electron chi connectivity index (χ2n) is 19.2. The number of hydrogen-bond acceptors (Lipinski definition) is 3. The summed E-state index contributed by atoms with van der Waals surface area (Å²) in [5.41, 5.74) is 20.0. The predicted molar refractivity (Wildman–Crippen MR) is 300 cm³/mol. The van der Waals surface area contributed by atoms with E-state index in [4.69, 9.17) is 4.42 Å². The second kappa shape index (κ2) is 15.8. The third kappa shape index (κ3) is 5.92. The van der Waals surface area contributed by atoms with Crippen LogP contribution in [0.1, 0.15) is 22.3 Å². The summed E-state index contributed by atoms with van der Waals surface area (Å²) in [5, 5.41) is 6.98. The number of rotatable bonds is 7. The van der Waals surface area contributed by atoms with E-state index >= 15 is 0 Å². The fraction of sp³-hybridized carbons (Fsp3) is 0.0145. The number of furan rings is 1. The molecule has 2 aliphatic carbocycles. The Morgan fingerprint density at radius 3 is 1.47 bits per heavy atom. The Hall–Kier alpha value is -9.44. The van der Waals surface area contributed by atoms with Crippen LogP contribution < -0.4 is 9.80 Å². The third-order valence-corrected chi connectivity index (χ3v) is 15.4. The van der Waals surface area contributed by atoms with Gasteiger partial charge in [0.1, 0.15) is 5.58 Å². The normalized spacial score (nSPS) is 14.2. The van der Waals surface area contributed by atoms with Crippen LogP contribution in [-0.4, -0.2) is 0 Å². The molecule has 15 rings (SSSR count). The topological polar surface area (TPSA) is 19.6 Å². The Bertz CT molecular complexity index is 4290. The minimum Gasteiger partial charge on any atom is -0.454 e. The molecule has 0 bridgehead atoms. The molecule has 12 aromatic carbocycles. The zero-order valence-electron chi connectivity index (χ0n) is 39.2. The minimum absolute atomic E-state index is 0.641. The van der Waals surface area contributed by atoms with Crippen molar-refractivity contribution in [3.63, 3.8) is 0 Å². The summed E-state index contributed by atoms with van der Waals surface area (Å²) in [6.07, 6.45) is 0. The first-order chi connectivity index (χ1) is 35.7. The molecule has 0 saturated carbocycles. The molecule has 13 aromatic rings. The molecule has 1 unspecified atom stereocenters. The van der Waals surface area contributed by atoms with Gasteiger partial charge < -0.3 is 14.2 Å². The summed E-state index contributed by atoms with van der Waals surface area (Å²) in [6, 6.07) is 98.1. The molecule has 1 aromatic heterocycles. The van der Waals surface area contributed by atoms with Crippen molar-refractivity contribution in [2.45, 2.75) is 5.41 Å². The number of nitrogens with zero attached hydrogens (tertiary/aromatic N) is 2. The molecule has 1 heterocycles. The van der Waals surface area contributed by atoms with Crippen molar-refractivity contribution in [1.82, 2.24) is 0 Å². The first-order valence-electron chi connectivity index (χ1n) is 24.8. The van der Waals surface area contributed by atoms with E-state index in [2.05, 4.69) is 277 Å². The minimum atomic E-state index is -0.641. The lowest BCUT2D eigenvalue weighted by atomic mass is 9.70. The molecule has 0 radical (unpaired) electrons. The third-order valence-electron chi connectivity index (χ3n) is 15.4. The standard InChI is InChI=1S/C69H44N2O/c1-3-19-46(20-4-1)60-41-48-22-9-10-23-49(48)42-66(60)70(50-24-5-2-6-25-50)52-36-38-56-54-26-11-14-30-61(54)69(63(56)43-52)62-31-15-12-27-55(62)57-39-37-53(44-64(57)69)71(51-35-34-45-18-7-8-21-47(45)40-51)65-32-17-29-59-58-28-13-16-33-67(58)72-68(59)65/h1-44H. The van der Waals surface area contributed by atoms with Crippen molar-refractivity contribution in [1.29, 1.82) is 0 Å². The van der Waals surface area contributed by atoms with Gasteiger partial charge in [-0.25, -0.2) is 0 Å². The highest BCUT2D eigenvalue weighted by atomic mass is 16.3. The van der Waals surface area contributed by atoms with Gasteiger partial charge in [-0.3, -0.25) is 0 Å². The van der Waals surface area contributed by atoms with Crippen LogP contribution in [0.25, 0.3) is 76.9 Å². The zero-order valence-corrected chi connectivity index (χ0v) is 39.2. The van der Waals surface area contributed by atoms with Gasteiger partial charge in [0.05, 0.1) is 16.8 Å². The molecule has 72 heavy (non-hydrogen) atoms. The van der Waals surface area contributed by atoms with Crippen LogP contribution in [0.3, 0.4) is 0 Å². The van der Waals surface area contributed by atoms with Crippen LogP contribution in [0, 0.1) is 0 Å². The number of benzene rings is 12. The molecule has 0 aliphatic heterocycles. The van der Waals surface area contributed by atoms with Gasteiger partial charge in [0.15, 0.2) is 5.58 Å². The summed E-state index contributed by atoms with van der Waals surface area (Å²) in [5.74, 6) is 0. The van der Waals surface area contributed by atoms with Crippen LogP contribution in [0.15, 0.2) is 271 Å². The van der Waals surface area contributed by atoms with Gasteiger partial charge in [0.2, 0.25) is 0 Å². The van der Waals surface area contributed by atoms with E-state index in [1.807, 2.05) is 0 Å². The molecule has 2 aliphatic rings. The van der Waals surface area contributed by atoms with Gasteiger partial charge in [0.25, 0.3) is 0 Å². The summed E-state index contributed by atoms with van der Waals surface area (Å²) in [4.78, 5) is 4.88. The van der Waals surface area contributed by atoms with Crippen LogP contribution in [0.4, 0.5) is 34.1 Å². The van der Waals surface area contributed by atoms with Crippen molar-refractivity contribution in [3.05, 3.63) is 289 Å². The number of anilines is 6. The van der Waals surface area contributed by atoms with Crippen LogP contribution in [0.2, 0.25) is 0 Å². The second-order valence-corrected chi connectivity index (χ2v) is 19.2. The van der Waals surface area contributed by atoms with Crippen molar-refractivity contribution in [2.24, 2.45) is 0 Å². The SMILES string of the molecule is c1ccc(-c2cc3ccccc3cc2N(c2ccccc2)c2ccc3c(c2)C2(c4ccccc4-3)c3ccccc3-c3ccc(N(c4ccc5ccccc5c4)c4cccc5c4oc4ccccc45)cc32)cc1. The number of fused-ring (bicyclic) bond motifs is 15. The summed E-state index contributed by atoms with van der Waals surface area (Å²) in [6.45, 7) is 0. The predicted octanol–water partition coefficient (Wildman–Crippen LogP) is 18.8. The van der Waals surface area contributed by atoms with Crippen molar-refractivity contribution >= 4 is 77.6 Å². The monoisotopic (exact) mass is 916 g/mol. The molecule has 0 saturated heterocycles. The molecule has 1 spiro atoms. The smallest absolute Gasteiger partial charge is 0.159 e. The Balaban J connectivity index is 1.00. The van der Waals surface area contributed by atoms with Crippen LogP contribution in [-0.2, 0) is 5.41 Å². The highest BCUT2D eigenvalue weighted by Crippen LogP contribution is 2.64. The summed E-state index contributed by atoms with van der Waals surface area (Å²) in [7, 11) is 0. The first kappa shape index (κ1) is 40.4. The molecule has 0 fully saturated rings. The van der Waals surface area contributed by atoms with Crippen molar-refractivity contribution < 1.29 is 4.42 Å². The summed E-state index contributed by atoms with van der Waals surface area (Å²) < 4.78 is 6.85. The Morgan fingerprint density at radius 1 is 0.278 bits per heavy atom. The van der Waals surface area contributed by atoms with Gasteiger partial charge in [-0.15, -0.1) is 0 Å². The average Bonchev–Trinajstić information content (AvgIpc) is 4.09. The van der Waals surface area contributed by atoms with Crippen LogP contribution >= 0.6 is 0 Å². The molecule has 3 heteroatoms. The lowest BCUT2D eigenvalue weighted by Gasteiger charge is -2.34. The van der Waals surface area contributed by atoms with E-state index in [1.165, 1.54) is 77.2 Å². The quantitative estimate of drug-likeness (QED) is 0.159. The van der Waals surface area contributed by atoms with Crippen molar-refractivity contribution in [3.8, 4) is 33.4 Å². The molecular weight excluding hydrogens is 873 g/mol. The lowest BCUT2D eigenvalue weighted by Crippen LogP contribution is -2.26. The zero-order chi connectivity index (χ0) is 47.3. The van der Waals surface area contributed by atoms with E-state index in [0.29, 0.717) is 0 Å². The molecule has 336 valence electrons. The maximum atomic E-state index is 6.85. The molecule has 0 N–H and O–H groups in total. The van der Waals surface area contributed by atoms with Crippen molar-refractivity contribution in [2.75, 3.05) is 9.80 Å². The van der Waals surface area contributed by atoms with Crippen LogP contribution in [0.5, 0.6) is 0 Å². The Labute approximate surface area is 417 Å². The Morgan fingerprint density at radius 2 is 0.778 bits per heavy atom. The number of hydrogen-bond donors (Lipinski definition) is 0. The summed E-state index contributed by atoms with van der Waals surface area (Å²) >= 11 is 0. The molecule has 0 amide bonds. The van der Waals surface area contributed by atoms with E-state index in [-0.39, 0.29) is 0 Å². The van der Waals surface area contributed by atoms with Gasteiger partial charge >= 0.3 is 0 Å². The maximum Gasteiger partial charge on any atom is 0.159 e. The fourth-order valence-corrected chi connectivity index (χ4v) is 12.3. The molecule has 3 nitrogen and oxygen atoms in total. The van der Waals surface area contributed by atoms with Gasteiger partial charge in [0, 0.05) is 39.1 Å². The van der Waals surface area contributed by atoms with E-state index in [0.717, 1.165) is 56.1 Å². The lowest BCUT2D eigenvalue weighted by molar-refractivity contribution is 0.669. The molecule has 1 atom stereocenters. The fourth-order valence-electron chi connectivity index (χ4n) is 12.3. The highest BCUT2D eigenvalue weighted by Gasteiger charge is 2.52. The van der Waals surface area contributed by atoms with E-state index in [1.54, 1.807) is 0 Å². The van der Waals surface area contributed by atoms with Gasteiger partial charge in [-0.2, -0.15) is 0 Å². The first-order valence-corrected chi connectivity index (χ1v) is 24.8. The van der Waals surface area contributed by atoms with E-state index in [9.17, 15) is 0 Å². The molecular formula is C69H44N2O. The van der Waals surface area contributed by atoms with Gasteiger partial charge in [-0.1, -0.05) is 194 Å². The highest BCUT2D eigenvalue weighted by molar-refractivity contribution is 6.11. The number of para-hydroxylation sites is 3. The van der Waals surface area contributed by atoms with E-state index < -0.39 is 5.41 Å².